The summed E-state index contributed by atoms with van der Waals surface area (Å²) < 4.78 is 8.70. The zero-order valence-electron chi connectivity index (χ0n) is 25.0. The Kier molecular flexibility index (Phi) is 7.57. The molecule has 1 radical (unpaired) electrons. The van der Waals surface area contributed by atoms with Crippen LogP contribution in [0.4, 0.5) is 17.5 Å². The highest BCUT2D eigenvalue weighted by atomic mass is 28.4. The number of hydrogen-bond donors (Lipinski definition) is 1. The van der Waals surface area contributed by atoms with Gasteiger partial charge < -0.3 is 19.3 Å². The maximum absolute atomic E-state index is 11.5. The number of anilines is 3. The van der Waals surface area contributed by atoms with E-state index in [0.29, 0.717) is 36.2 Å². The Morgan fingerprint density at radius 1 is 1.27 bits per heavy atom. The molecule has 2 aliphatic rings. The van der Waals surface area contributed by atoms with Crippen LogP contribution in [0.2, 0.25) is 18.1 Å². The minimum Gasteiger partial charge on any atom is -0.416 e. The van der Waals surface area contributed by atoms with Crippen LogP contribution < -0.4 is 10.1 Å². The van der Waals surface area contributed by atoms with Crippen molar-refractivity contribution in [3.8, 4) is 17.3 Å². The maximum Gasteiger partial charge on any atom is 0.329 e. The van der Waals surface area contributed by atoms with Gasteiger partial charge in [0.2, 0.25) is 5.95 Å². The average molecular weight is 570 g/mol. The van der Waals surface area contributed by atoms with E-state index in [2.05, 4.69) is 80.3 Å². The van der Waals surface area contributed by atoms with Gasteiger partial charge >= 0.3 is 7.41 Å². The number of hydrogen-bond acceptors (Lipinski definition) is 9. The van der Waals surface area contributed by atoms with Crippen LogP contribution in [0.5, 0.6) is 0 Å². The first-order valence-electron chi connectivity index (χ1n) is 14.0. The van der Waals surface area contributed by atoms with Gasteiger partial charge in [0.05, 0.1) is 23.5 Å². The van der Waals surface area contributed by atoms with Crippen molar-refractivity contribution in [2.45, 2.75) is 64.3 Å². The summed E-state index contributed by atoms with van der Waals surface area (Å²) in [6.07, 6.45) is 2.48. The number of aromatic nitrogens is 4. The fourth-order valence-corrected chi connectivity index (χ4v) is 6.32. The van der Waals surface area contributed by atoms with E-state index in [4.69, 9.17) is 9.41 Å². The van der Waals surface area contributed by atoms with Gasteiger partial charge in [0.15, 0.2) is 14.1 Å². The molecule has 0 fully saturated rings. The summed E-state index contributed by atoms with van der Waals surface area (Å²) in [5.74, 6) is 1.14. The number of rotatable bonds is 8. The Balaban J connectivity index is 1.49. The molecular formula is C29H38BN8O2Si. The Morgan fingerprint density at radius 3 is 2.76 bits per heavy atom. The van der Waals surface area contributed by atoms with Gasteiger partial charge in [-0.25, -0.2) is 9.97 Å². The van der Waals surface area contributed by atoms with E-state index in [9.17, 15) is 10.1 Å². The molecule has 5 rings (SSSR count). The van der Waals surface area contributed by atoms with Crippen molar-refractivity contribution in [2.75, 3.05) is 36.9 Å². The molecule has 0 spiro atoms. The minimum absolute atomic E-state index is 0.0632. The van der Waals surface area contributed by atoms with Gasteiger partial charge in [-0.05, 0) is 48.9 Å². The Bertz CT molecular complexity index is 1510. The van der Waals surface area contributed by atoms with Crippen molar-refractivity contribution in [2.24, 2.45) is 0 Å². The van der Waals surface area contributed by atoms with Crippen molar-refractivity contribution >= 4 is 39.4 Å². The molecule has 2 aromatic heterocycles. The molecule has 0 amide bonds. The minimum atomic E-state index is -2.04. The predicted octanol–water partition coefficient (Wildman–Crippen LogP) is 4.31. The number of carbonyl (C=O) groups excluding carboxylic acids is 1. The van der Waals surface area contributed by atoms with Crippen LogP contribution in [0.1, 0.15) is 44.5 Å². The highest BCUT2D eigenvalue weighted by molar-refractivity contribution is 6.74. The molecule has 0 aliphatic carbocycles. The topological polar surface area (TPSA) is 112 Å². The van der Waals surface area contributed by atoms with Crippen LogP contribution in [0.25, 0.3) is 11.3 Å². The quantitative estimate of drug-likeness (QED) is 0.313. The zero-order valence-corrected chi connectivity index (χ0v) is 26.0. The van der Waals surface area contributed by atoms with Crippen LogP contribution in [-0.2, 0) is 27.7 Å². The Hall–Kier alpha value is -3.53. The second kappa shape index (κ2) is 10.7. The van der Waals surface area contributed by atoms with Crippen molar-refractivity contribution in [3.05, 3.63) is 47.3 Å². The first-order valence-corrected chi connectivity index (χ1v) is 16.9. The number of fused-ring (bicyclic) bond motifs is 2. The third-order valence-corrected chi connectivity index (χ3v) is 13.1. The molecule has 1 unspecified atom stereocenters. The molecule has 12 heteroatoms. The number of likely N-dealkylation sites (N-methyl/N-ethyl adjacent to an activating group) is 1. The number of nitriles is 1. The molecule has 4 heterocycles. The average Bonchev–Trinajstić information content (AvgIpc) is 3.44. The summed E-state index contributed by atoms with van der Waals surface area (Å²) in [6, 6.07) is 10.2. The second-order valence-corrected chi connectivity index (χ2v) is 17.7. The van der Waals surface area contributed by atoms with E-state index >= 15 is 0 Å². The molecule has 41 heavy (non-hydrogen) atoms. The number of carbonyl (C=O) groups is 1. The number of benzene rings is 1. The van der Waals surface area contributed by atoms with E-state index in [-0.39, 0.29) is 5.04 Å². The SMILES string of the molecule is CN1CCn2nc(Nc3nccc(-c4cc(C#N)c5c(c4)C(C)(CO[Si](C)(C)C(C)(C)C)CN5[B]C=O)n3)cc2C1. The third-order valence-electron chi connectivity index (χ3n) is 8.67. The number of nitrogens with one attached hydrogen (secondary N) is 1. The highest BCUT2D eigenvalue weighted by Crippen LogP contribution is 2.46. The van der Waals surface area contributed by atoms with Gasteiger partial charge in [0.1, 0.15) is 12.3 Å². The van der Waals surface area contributed by atoms with Gasteiger partial charge in [-0.15, -0.1) is 0 Å². The van der Waals surface area contributed by atoms with Crippen LogP contribution >= 0.6 is 0 Å². The molecule has 213 valence electrons. The van der Waals surface area contributed by atoms with Crippen LogP contribution in [0, 0.1) is 11.3 Å². The molecule has 2 aliphatic heterocycles. The molecule has 0 saturated carbocycles. The van der Waals surface area contributed by atoms with Crippen molar-refractivity contribution in [1.82, 2.24) is 24.6 Å². The van der Waals surface area contributed by atoms with Crippen molar-refractivity contribution < 1.29 is 9.22 Å². The maximum atomic E-state index is 11.5. The predicted molar refractivity (Wildman–Crippen MR) is 164 cm³/mol. The summed E-state index contributed by atoms with van der Waals surface area (Å²) in [5.41, 5.74) is 4.44. The zero-order chi connectivity index (χ0) is 29.6. The molecular weight excluding hydrogens is 531 g/mol. The van der Waals surface area contributed by atoms with Gasteiger partial charge in [-0.1, -0.05) is 27.7 Å². The highest BCUT2D eigenvalue weighted by Gasteiger charge is 2.44. The third kappa shape index (κ3) is 5.66. The summed E-state index contributed by atoms with van der Waals surface area (Å²) >= 11 is 0. The molecule has 1 N–H and O–H groups in total. The molecule has 0 saturated heterocycles. The first kappa shape index (κ1) is 29.0. The van der Waals surface area contributed by atoms with Gasteiger partial charge in [-0.2, -0.15) is 10.4 Å². The fraction of sp³-hybridized carbons (Fsp3) is 0.483. The van der Waals surface area contributed by atoms with Crippen LogP contribution in [0.15, 0.2) is 30.5 Å². The summed E-state index contributed by atoms with van der Waals surface area (Å²) in [4.78, 5) is 24.9. The Morgan fingerprint density at radius 2 is 2.05 bits per heavy atom. The first-order chi connectivity index (χ1) is 19.3. The molecule has 0 bridgehead atoms. The van der Waals surface area contributed by atoms with Crippen molar-refractivity contribution in [3.63, 3.8) is 0 Å². The molecule has 1 aromatic carbocycles. The van der Waals surface area contributed by atoms with Crippen LogP contribution in [-0.4, -0.2) is 73.3 Å². The summed E-state index contributed by atoms with van der Waals surface area (Å²) in [6.45, 7) is 17.0. The smallest absolute Gasteiger partial charge is 0.329 e. The number of nitrogens with zero attached hydrogens (tertiary/aromatic N) is 7. The second-order valence-electron chi connectivity index (χ2n) is 12.9. The molecule has 1 atom stereocenters. The standard InChI is InChI=1S/C29H38BN8O2Si/c1-28(2,3)41(6,7)40-18-29(4)17-37(30-19-39)26-21(15-31)12-20(13-23(26)29)24-8-9-32-27(33-24)34-25-14-22-16-36(5)10-11-38(22)35-25/h8-9,12-14,19H,10-11,16-18H2,1-7H3,(H,32,33,34,35). The van der Waals surface area contributed by atoms with E-state index in [0.717, 1.165) is 48.3 Å². The van der Waals surface area contributed by atoms with Gasteiger partial charge in [0, 0.05) is 55.2 Å². The van der Waals surface area contributed by atoms with Gasteiger partial charge in [0.25, 0.3) is 0 Å². The monoisotopic (exact) mass is 569 g/mol. The van der Waals surface area contributed by atoms with Crippen LogP contribution in [0.3, 0.4) is 0 Å². The lowest BCUT2D eigenvalue weighted by atomic mass is 9.83. The molecule has 3 aromatic rings. The lowest BCUT2D eigenvalue weighted by Gasteiger charge is -2.39. The summed E-state index contributed by atoms with van der Waals surface area (Å²) in [5, 5.41) is 18.2. The summed E-state index contributed by atoms with van der Waals surface area (Å²) in [7, 11) is 1.57. The van der Waals surface area contributed by atoms with E-state index in [1.165, 1.54) is 7.41 Å². The normalized spacial score (nSPS) is 18.9. The fourth-order valence-electron chi connectivity index (χ4n) is 5.21. The van der Waals surface area contributed by atoms with Gasteiger partial charge in [-0.3, -0.25) is 9.58 Å². The largest absolute Gasteiger partial charge is 0.416 e. The van der Waals surface area contributed by atoms with E-state index in [1.807, 2.05) is 27.7 Å². The van der Waals surface area contributed by atoms with E-state index in [1.54, 1.807) is 6.20 Å². The van der Waals surface area contributed by atoms with E-state index < -0.39 is 13.7 Å². The molecule has 10 nitrogen and oxygen atoms in total. The lowest BCUT2D eigenvalue weighted by molar-refractivity contribution is 0.219. The van der Waals surface area contributed by atoms with Crippen molar-refractivity contribution in [1.29, 1.82) is 5.26 Å². The lowest BCUT2D eigenvalue weighted by Crippen LogP contribution is -2.46. The Labute approximate surface area is 244 Å².